The van der Waals surface area contributed by atoms with Gasteiger partial charge in [-0.3, -0.25) is 10.1 Å². The van der Waals surface area contributed by atoms with Crippen LogP contribution >= 0.6 is 11.6 Å². The average molecular weight is 426 g/mol. The van der Waals surface area contributed by atoms with E-state index in [1.807, 2.05) is 0 Å². The van der Waals surface area contributed by atoms with Crippen LogP contribution in [0.1, 0.15) is 19.8 Å². The Morgan fingerprint density at radius 3 is 2.54 bits per heavy atom. The Morgan fingerprint density at radius 1 is 1.21 bits per heavy atom. The molecule has 2 aromatic rings. The Bertz CT molecular complexity index is 991. The van der Waals surface area contributed by atoms with Crippen molar-refractivity contribution in [3.63, 3.8) is 0 Å². The van der Waals surface area contributed by atoms with Gasteiger partial charge in [0.15, 0.2) is 0 Å². The fourth-order valence-corrected chi connectivity index (χ4v) is 4.90. The van der Waals surface area contributed by atoms with Crippen LogP contribution in [0.15, 0.2) is 41.3 Å². The van der Waals surface area contributed by atoms with Crippen LogP contribution < -0.4 is 10.1 Å². The zero-order valence-corrected chi connectivity index (χ0v) is 16.8. The molecule has 0 unspecified atom stereocenters. The summed E-state index contributed by atoms with van der Waals surface area (Å²) in [6, 6.07) is 8.80. The monoisotopic (exact) mass is 425 g/mol. The smallest absolute Gasteiger partial charge is 0.271 e. The molecule has 3 rings (SSSR count). The lowest BCUT2D eigenvalue weighted by Gasteiger charge is -2.19. The quantitative estimate of drug-likeness (QED) is 0.527. The summed E-state index contributed by atoms with van der Waals surface area (Å²) in [5.41, 5.74) is 0.789. The molecule has 1 fully saturated rings. The minimum Gasteiger partial charge on any atom is -0.492 e. The first-order chi connectivity index (χ1) is 13.3. The van der Waals surface area contributed by atoms with Gasteiger partial charge >= 0.3 is 0 Å². The lowest BCUT2D eigenvalue weighted by Crippen LogP contribution is -2.28. The third kappa shape index (κ3) is 4.21. The summed E-state index contributed by atoms with van der Waals surface area (Å²) in [5.74, 6) is 0.287. The Kier molecular flexibility index (Phi) is 6.07. The molecular formula is C18H20ClN3O5S. The van der Waals surface area contributed by atoms with Gasteiger partial charge in [0.2, 0.25) is 10.0 Å². The second-order valence-corrected chi connectivity index (χ2v) is 8.57. The van der Waals surface area contributed by atoms with Crippen molar-refractivity contribution in [1.29, 1.82) is 0 Å². The van der Waals surface area contributed by atoms with Crippen molar-refractivity contribution in [1.82, 2.24) is 4.31 Å². The van der Waals surface area contributed by atoms with Crippen molar-refractivity contribution in [2.45, 2.75) is 24.7 Å². The highest BCUT2D eigenvalue weighted by molar-refractivity contribution is 7.89. The summed E-state index contributed by atoms with van der Waals surface area (Å²) in [6.07, 6.45) is 1.67. The van der Waals surface area contributed by atoms with Crippen molar-refractivity contribution in [2.24, 2.45) is 0 Å². The van der Waals surface area contributed by atoms with E-state index in [1.165, 1.54) is 28.6 Å². The zero-order valence-electron chi connectivity index (χ0n) is 15.2. The van der Waals surface area contributed by atoms with Crippen molar-refractivity contribution < 1.29 is 18.1 Å². The van der Waals surface area contributed by atoms with Crippen LogP contribution in [0.5, 0.6) is 5.75 Å². The van der Waals surface area contributed by atoms with E-state index in [0.717, 1.165) is 12.8 Å². The van der Waals surface area contributed by atoms with Crippen LogP contribution in [0.25, 0.3) is 0 Å². The number of rotatable bonds is 7. The predicted octanol–water partition coefficient (Wildman–Crippen LogP) is 4.18. The topological polar surface area (TPSA) is 102 Å². The SMILES string of the molecule is CCOc1ccc(Nc2ccc([N+](=O)[O-])cc2Cl)cc1S(=O)(=O)N1CCCC1. The highest BCUT2D eigenvalue weighted by atomic mass is 35.5. The molecule has 0 saturated carbocycles. The molecule has 0 atom stereocenters. The van der Waals surface area contributed by atoms with E-state index in [2.05, 4.69) is 5.32 Å². The number of nitrogens with one attached hydrogen (secondary N) is 1. The molecule has 1 aliphatic heterocycles. The number of anilines is 2. The minimum absolute atomic E-state index is 0.0827. The van der Waals surface area contributed by atoms with E-state index < -0.39 is 14.9 Å². The highest BCUT2D eigenvalue weighted by Gasteiger charge is 2.30. The number of nitrogens with zero attached hydrogens (tertiary/aromatic N) is 2. The molecule has 0 aliphatic carbocycles. The average Bonchev–Trinajstić information content (AvgIpc) is 3.20. The van der Waals surface area contributed by atoms with Crippen LogP contribution in [0.4, 0.5) is 17.1 Å². The van der Waals surface area contributed by atoms with Crippen molar-refractivity contribution in [2.75, 3.05) is 25.0 Å². The molecule has 2 aromatic carbocycles. The lowest BCUT2D eigenvalue weighted by atomic mass is 10.2. The second kappa shape index (κ2) is 8.34. The second-order valence-electron chi connectivity index (χ2n) is 6.25. The number of hydrogen-bond donors (Lipinski definition) is 1. The molecule has 8 nitrogen and oxygen atoms in total. The number of halogens is 1. The van der Waals surface area contributed by atoms with Gasteiger partial charge in [0.25, 0.3) is 5.69 Å². The van der Waals surface area contributed by atoms with Crippen molar-refractivity contribution in [3.05, 3.63) is 51.5 Å². The summed E-state index contributed by atoms with van der Waals surface area (Å²) in [6.45, 7) is 3.10. The van der Waals surface area contributed by atoms with Gasteiger partial charge in [0, 0.05) is 30.9 Å². The number of nitro benzene ring substituents is 1. The maximum absolute atomic E-state index is 13.0. The third-order valence-electron chi connectivity index (χ3n) is 4.37. The van der Waals surface area contributed by atoms with E-state index in [-0.39, 0.29) is 21.4 Å². The first-order valence-electron chi connectivity index (χ1n) is 8.81. The summed E-state index contributed by atoms with van der Waals surface area (Å²) < 4.78 is 33.0. The standard InChI is InChI=1S/C18H20ClN3O5S/c1-2-27-17-8-5-13(11-18(17)28(25,26)21-9-3-4-10-21)20-16-7-6-14(22(23)24)12-15(16)19/h5-8,11-12,20H,2-4,9-10H2,1H3. The molecule has 0 spiro atoms. The first kappa shape index (κ1) is 20.4. The number of ether oxygens (including phenoxy) is 1. The largest absolute Gasteiger partial charge is 0.492 e. The maximum Gasteiger partial charge on any atom is 0.271 e. The van der Waals surface area contributed by atoms with Gasteiger partial charge in [-0.15, -0.1) is 0 Å². The van der Waals surface area contributed by atoms with Crippen molar-refractivity contribution >= 4 is 38.7 Å². The van der Waals surface area contributed by atoms with Gasteiger partial charge in [-0.25, -0.2) is 8.42 Å². The van der Waals surface area contributed by atoms with Crippen molar-refractivity contribution in [3.8, 4) is 5.75 Å². The molecule has 1 N–H and O–H groups in total. The minimum atomic E-state index is -3.69. The first-order valence-corrected chi connectivity index (χ1v) is 10.6. The lowest BCUT2D eigenvalue weighted by molar-refractivity contribution is -0.384. The molecule has 1 saturated heterocycles. The van der Waals surface area contributed by atoms with Crippen LogP contribution in [-0.4, -0.2) is 37.3 Å². The van der Waals surface area contributed by atoms with Crippen LogP contribution in [-0.2, 0) is 10.0 Å². The van der Waals surface area contributed by atoms with Crippen LogP contribution in [0, 0.1) is 10.1 Å². The van der Waals surface area contributed by atoms with Gasteiger partial charge in [-0.05, 0) is 44.0 Å². The molecule has 150 valence electrons. The molecule has 0 amide bonds. The molecule has 28 heavy (non-hydrogen) atoms. The maximum atomic E-state index is 13.0. The Balaban J connectivity index is 1.96. The zero-order chi connectivity index (χ0) is 20.3. The van der Waals surface area contributed by atoms with Crippen LogP contribution in [0.3, 0.4) is 0 Å². The number of nitro groups is 1. The number of benzene rings is 2. The normalized spacial score (nSPS) is 14.8. The van der Waals surface area contributed by atoms with E-state index in [4.69, 9.17) is 16.3 Å². The molecule has 0 bridgehead atoms. The molecule has 0 aromatic heterocycles. The van der Waals surface area contributed by atoms with E-state index in [1.54, 1.807) is 19.1 Å². The molecular weight excluding hydrogens is 406 g/mol. The molecule has 10 heteroatoms. The molecule has 1 aliphatic rings. The summed E-state index contributed by atoms with van der Waals surface area (Å²) in [4.78, 5) is 10.4. The predicted molar refractivity (Wildman–Crippen MR) is 107 cm³/mol. The fourth-order valence-electron chi connectivity index (χ4n) is 3.00. The summed E-state index contributed by atoms with van der Waals surface area (Å²) >= 11 is 6.12. The Hall–Kier alpha value is -2.36. The molecule has 0 radical (unpaired) electrons. The Labute approximate surface area is 168 Å². The van der Waals surface area contributed by atoms with Gasteiger partial charge in [0.05, 0.1) is 22.2 Å². The summed E-state index contributed by atoms with van der Waals surface area (Å²) in [5, 5.41) is 14.0. The van der Waals surface area contributed by atoms with E-state index >= 15 is 0 Å². The van der Waals surface area contributed by atoms with Crippen LogP contribution in [0.2, 0.25) is 5.02 Å². The number of non-ortho nitro benzene ring substituents is 1. The van der Waals surface area contributed by atoms with Gasteiger partial charge in [-0.1, -0.05) is 11.6 Å². The van der Waals surface area contributed by atoms with Gasteiger partial charge < -0.3 is 10.1 Å². The van der Waals surface area contributed by atoms with Gasteiger partial charge in [0.1, 0.15) is 10.6 Å². The van der Waals surface area contributed by atoms with Gasteiger partial charge in [-0.2, -0.15) is 4.31 Å². The third-order valence-corrected chi connectivity index (χ3v) is 6.60. The fraction of sp³-hybridized carbons (Fsp3) is 0.333. The number of sulfonamides is 1. The van der Waals surface area contributed by atoms with E-state index in [9.17, 15) is 18.5 Å². The molecule has 1 heterocycles. The summed E-state index contributed by atoms with van der Waals surface area (Å²) in [7, 11) is -3.69. The highest BCUT2D eigenvalue weighted by Crippen LogP contribution is 2.34. The van der Waals surface area contributed by atoms with E-state index in [0.29, 0.717) is 31.1 Å². The Morgan fingerprint density at radius 2 is 1.93 bits per heavy atom. The number of hydrogen-bond acceptors (Lipinski definition) is 6.